The summed E-state index contributed by atoms with van der Waals surface area (Å²) in [4.78, 5) is 9.65. The van der Waals surface area contributed by atoms with Crippen molar-refractivity contribution in [2.24, 2.45) is 5.92 Å². The molecule has 0 N–H and O–H groups in total. The van der Waals surface area contributed by atoms with Crippen molar-refractivity contribution in [2.45, 2.75) is 12.8 Å². The Morgan fingerprint density at radius 3 is 2.00 bits per heavy atom. The van der Waals surface area contributed by atoms with Crippen molar-refractivity contribution in [2.75, 3.05) is 0 Å². The molecule has 3 heteroatoms. The second kappa shape index (κ2) is 3.20. The van der Waals surface area contributed by atoms with Crippen LogP contribution in [0.4, 0.5) is 0 Å². The average Bonchev–Trinajstić information content (AvgIpc) is 2.06. The summed E-state index contributed by atoms with van der Waals surface area (Å²) in [6.07, 6.45) is 1.67. The van der Waals surface area contributed by atoms with Gasteiger partial charge in [-0.2, -0.15) is 0 Å². The molecule has 1 aliphatic rings. The molecule has 0 amide bonds. The minimum atomic E-state index is -0.880. The Kier molecular flexibility index (Phi) is 3.70. The maximum atomic E-state index is 9.65. The molecule has 0 heterocycles. The van der Waals surface area contributed by atoms with Crippen molar-refractivity contribution in [1.82, 2.24) is 0 Å². The standard InChI is InChI=1S/C4H6O2.K/c5-4(6)3-1-2-3;/h3H,1-2H2,(H,5,6);/q;+1/p-1. The molecule has 7 heavy (non-hydrogen) atoms. The molecular weight excluding hydrogens is 119 g/mol. The van der Waals surface area contributed by atoms with Gasteiger partial charge in [-0.3, -0.25) is 0 Å². The predicted octanol–water partition coefficient (Wildman–Crippen LogP) is -3.85. The van der Waals surface area contributed by atoms with Gasteiger partial charge >= 0.3 is 51.4 Å². The summed E-state index contributed by atoms with van der Waals surface area (Å²) in [7, 11) is 0. The molecule has 1 saturated carbocycles. The number of hydrogen-bond donors (Lipinski definition) is 0. The zero-order valence-corrected chi connectivity index (χ0v) is 7.43. The number of carbonyl (C=O) groups excluding carboxylic acids is 1. The Morgan fingerprint density at radius 1 is 1.57 bits per heavy atom. The largest absolute Gasteiger partial charge is 1.00 e. The summed E-state index contributed by atoms with van der Waals surface area (Å²) in [5, 5.41) is 9.65. The van der Waals surface area contributed by atoms with Crippen LogP contribution in [0.1, 0.15) is 12.8 Å². The van der Waals surface area contributed by atoms with E-state index in [4.69, 9.17) is 0 Å². The van der Waals surface area contributed by atoms with Gasteiger partial charge in [0.15, 0.2) is 0 Å². The summed E-state index contributed by atoms with van der Waals surface area (Å²) >= 11 is 0. The minimum Gasteiger partial charge on any atom is -0.550 e. The Balaban J connectivity index is 0.000000360. The zero-order valence-electron chi connectivity index (χ0n) is 4.31. The van der Waals surface area contributed by atoms with Gasteiger partial charge in [0.25, 0.3) is 0 Å². The van der Waals surface area contributed by atoms with Crippen LogP contribution >= 0.6 is 0 Å². The third-order valence-corrected chi connectivity index (χ3v) is 0.911. The molecule has 1 aliphatic carbocycles. The fraction of sp³-hybridized carbons (Fsp3) is 0.750. The summed E-state index contributed by atoms with van der Waals surface area (Å²) in [5.41, 5.74) is 0. The van der Waals surface area contributed by atoms with Crippen LogP contribution in [-0.2, 0) is 4.79 Å². The number of rotatable bonds is 1. The van der Waals surface area contributed by atoms with Crippen molar-refractivity contribution in [1.29, 1.82) is 0 Å². The molecule has 0 aromatic heterocycles. The van der Waals surface area contributed by atoms with E-state index in [2.05, 4.69) is 0 Å². The molecule has 2 nitrogen and oxygen atoms in total. The number of carboxylic acids is 1. The normalized spacial score (nSPS) is 17.7. The Labute approximate surface area is 84.7 Å². The first kappa shape index (κ1) is 8.11. The van der Waals surface area contributed by atoms with Crippen molar-refractivity contribution >= 4 is 5.97 Å². The average molecular weight is 124 g/mol. The molecule has 0 aromatic carbocycles. The van der Waals surface area contributed by atoms with Crippen molar-refractivity contribution in [3.8, 4) is 0 Å². The SMILES string of the molecule is O=C([O-])C1CC1.[K+]. The minimum absolute atomic E-state index is 0. The summed E-state index contributed by atoms with van der Waals surface area (Å²) < 4.78 is 0. The fourth-order valence-electron chi connectivity index (χ4n) is 0.319. The second-order valence-electron chi connectivity index (χ2n) is 1.59. The molecule has 1 rings (SSSR count). The topological polar surface area (TPSA) is 40.1 Å². The van der Waals surface area contributed by atoms with Gasteiger partial charge in [-0.1, -0.05) is 0 Å². The van der Waals surface area contributed by atoms with E-state index in [1.165, 1.54) is 0 Å². The molecule has 0 radical (unpaired) electrons. The number of carbonyl (C=O) groups is 1. The number of hydrogen-bond acceptors (Lipinski definition) is 2. The third kappa shape index (κ3) is 2.82. The van der Waals surface area contributed by atoms with E-state index in [1.54, 1.807) is 0 Å². The summed E-state index contributed by atoms with van der Waals surface area (Å²) in [6, 6.07) is 0. The van der Waals surface area contributed by atoms with Gasteiger partial charge in [0.05, 0.1) is 0 Å². The van der Waals surface area contributed by atoms with E-state index >= 15 is 0 Å². The Bertz CT molecular complexity index is 77.8. The maximum absolute atomic E-state index is 9.65. The molecule has 0 unspecified atom stereocenters. The summed E-state index contributed by atoms with van der Waals surface area (Å²) in [5.74, 6) is -0.972. The molecule has 0 bridgehead atoms. The molecule has 0 atom stereocenters. The van der Waals surface area contributed by atoms with Crippen LogP contribution in [0.15, 0.2) is 0 Å². The summed E-state index contributed by atoms with van der Waals surface area (Å²) in [6.45, 7) is 0. The monoisotopic (exact) mass is 124 g/mol. The fourth-order valence-corrected chi connectivity index (χ4v) is 0.319. The smallest absolute Gasteiger partial charge is 0.550 e. The van der Waals surface area contributed by atoms with Crippen molar-refractivity contribution in [3.63, 3.8) is 0 Å². The Morgan fingerprint density at radius 2 is 2.00 bits per heavy atom. The molecule has 0 spiro atoms. The van der Waals surface area contributed by atoms with Crippen LogP contribution in [0.5, 0.6) is 0 Å². The first-order chi connectivity index (χ1) is 2.80. The van der Waals surface area contributed by atoms with Crippen LogP contribution in [0.3, 0.4) is 0 Å². The van der Waals surface area contributed by atoms with E-state index < -0.39 is 5.97 Å². The molecular formula is C4H5KO2. The van der Waals surface area contributed by atoms with Gasteiger partial charge < -0.3 is 9.90 Å². The van der Waals surface area contributed by atoms with E-state index in [9.17, 15) is 9.90 Å². The molecule has 0 saturated heterocycles. The van der Waals surface area contributed by atoms with E-state index in [0.717, 1.165) is 12.8 Å². The van der Waals surface area contributed by atoms with Gasteiger partial charge in [-0.25, -0.2) is 0 Å². The quantitative estimate of drug-likeness (QED) is 0.336. The van der Waals surface area contributed by atoms with Crippen LogP contribution in [0, 0.1) is 5.92 Å². The molecule has 0 aliphatic heterocycles. The van der Waals surface area contributed by atoms with Crippen LogP contribution in [-0.4, -0.2) is 5.97 Å². The van der Waals surface area contributed by atoms with Crippen molar-refractivity contribution < 1.29 is 61.3 Å². The maximum Gasteiger partial charge on any atom is 1.00 e. The van der Waals surface area contributed by atoms with E-state index in [0.29, 0.717) is 0 Å². The van der Waals surface area contributed by atoms with E-state index in [1.807, 2.05) is 0 Å². The first-order valence-corrected chi connectivity index (χ1v) is 2.01. The van der Waals surface area contributed by atoms with Crippen LogP contribution in [0.25, 0.3) is 0 Å². The van der Waals surface area contributed by atoms with Crippen molar-refractivity contribution in [3.05, 3.63) is 0 Å². The predicted molar refractivity (Wildman–Crippen MR) is 17.7 cm³/mol. The molecule has 34 valence electrons. The van der Waals surface area contributed by atoms with Crippen LogP contribution in [0.2, 0.25) is 0 Å². The second-order valence-corrected chi connectivity index (χ2v) is 1.59. The molecule has 0 aromatic rings. The van der Waals surface area contributed by atoms with Gasteiger partial charge in [0, 0.05) is 5.97 Å². The van der Waals surface area contributed by atoms with Gasteiger partial charge in [-0.15, -0.1) is 0 Å². The van der Waals surface area contributed by atoms with Gasteiger partial charge in [0.1, 0.15) is 0 Å². The Hall–Kier alpha value is 1.11. The number of carboxylic acid groups (broad SMARTS) is 1. The molecule has 1 fully saturated rings. The third-order valence-electron chi connectivity index (χ3n) is 0.911. The first-order valence-electron chi connectivity index (χ1n) is 2.01. The van der Waals surface area contributed by atoms with Gasteiger partial charge in [-0.05, 0) is 18.8 Å². The number of aliphatic carboxylic acids is 1. The van der Waals surface area contributed by atoms with Gasteiger partial charge in [0.2, 0.25) is 0 Å². The van der Waals surface area contributed by atoms with E-state index in [-0.39, 0.29) is 57.3 Å². The zero-order chi connectivity index (χ0) is 4.57. The van der Waals surface area contributed by atoms with Crippen LogP contribution < -0.4 is 56.5 Å².